The SMILES string of the molecule is C=C[C@@H](C)[C@H]1OC(C)(C)O[C@@H](C[C@H](OC)[C@@H](O[Si](CC)(CC)CC)[C@H](O[Si](CC)(CC)CC)C(C)(C)C#CC(=O)[C@H](C)[C@H](CCO[Si](c2ccccc2)(c2ccccc2)C(C)(C)C)O[Si](CC)(CC)CC)[C@@H]1C. The van der Waals surface area contributed by atoms with Crippen molar-refractivity contribution in [1.29, 1.82) is 0 Å². The molecule has 1 aliphatic rings. The van der Waals surface area contributed by atoms with Crippen LogP contribution in [0.5, 0.6) is 0 Å². The van der Waals surface area contributed by atoms with Crippen molar-refractivity contribution in [2.24, 2.45) is 23.2 Å². The Bertz CT molecular complexity index is 1940. The molecular formula is C61H106O8Si4. The summed E-state index contributed by atoms with van der Waals surface area (Å²) in [5.41, 5.74) is -0.817. The van der Waals surface area contributed by atoms with Crippen molar-refractivity contribution in [3.63, 3.8) is 0 Å². The van der Waals surface area contributed by atoms with E-state index in [1.54, 1.807) is 0 Å². The normalized spacial score (nSPS) is 20.5. The zero-order valence-corrected chi connectivity index (χ0v) is 54.0. The molecule has 0 unspecified atom stereocenters. The largest absolute Gasteiger partial charge is 0.413 e. The minimum absolute atomic E-state index is 0.0610. The molecule has 1 fully saturated rings. The zero-order valence-electron chi connectivity index (χ0n) is 50.0. The summed E-state index contributed by atoms with van der Waals surface area (Å²) >= 11 is 0. The molecule has 0 N–H and O–H groups in total. The Morgan fingerprint density at radius 1 is 0.712 bits per heavy atom. The fourth-order valence-corrected chi connectivity index (χ4v) is 25.0. The number of ether oxygens (including phenoxy) is 3. The standard InChI is InChI=1S/C61H106O8Si4/c1-22-47(11)56-49(13)54(65-61(19,20)66-56)46-55(63-21)57(68-71(26-5,27-6)28-7)58(69-72(29-8,30-9)31-10)60(17,18)44-42-52(62)48(12)53(67-70(23-2,24-3)25-4)43-45-64-73(59(14,15)16,50-38-34-32-35-39-50)51-40-36-33-37-41-51/h22,32-41,47-49,53-58H,1,23-31,43,45-46H2,2-21H3/t47-,48+,49+,53+,54+,55+,56-,57-,58+/m1/s1. The highest BCUT2D eigenvalue weighted by atomic mass is 28.4. The molecule has 8 nitrogen and oxygen atoms in total. The van der Waals surface area contributed by atoms with E-state index in [1.165, 1.54) is 10.4 Å². The summed E-state index contributed by atoms with van der Waals surface area (Å²) in [5, 5.41) is 2.29. The van der Waals surface area contributed by atoms with Crippen molar-refractivity contribution >= 4 is 49.4 Å². The van der Waals surface area contributed by atoms with Gasteiger partial charge in [-0.2, -0.15) is 0 Å². The number of ketones is 1. The molecule has 0 radical (unpaired) electrons. The third-order valence-electron chi connectivity index (χ3n) is 17.6. The quantitative estimate of drug-likeness (QED) is 0.0320. The lowest BCUT2D eigenvalue weighted by molar-refractivity contribution is -0.328. The van der Waals surface area contributed by atoms with E-state index >= 15 is 4.79 Å². The van der Waals surface area contributed by atoms with Crippen LogP contribution >= 0.6 is 0 Å². The van der Waals surface area contributed by atoms with Crippen molar-refractivity contribution in [2.75, 3.05) is 13.7 Å². The molecule has 73 heavy (non-hydrogen) atoms. The molecule has 2 aromatic carbocycles. The van der Waals surface area contributed by atoms with Gasteiger partial charge in [0, 0.05) is 32.0 Å². The third-order valence-corrected chi connectivity index (χ3v) is 36.5. The van der Waals surface area contributed by atoms with Crippen LogP contribution in [0, 0.1) is 35.0 Å². The second-order valence-electron chi connectivity index (χ2n) is 23.5. The molecule has 1 saturated heterocycles. The topological polar surface area (TPSA) is 81.7 Å². The van der Waals surface area contributed by atoms with Crippen LogP contribution in [0.15, 0.2) is 73.3 Å². The second-order valence-corrected chi connectivity index (χ2v) is 42.0. The number of carbonyl (C=O) groups excluding carboxylic acids is 1. The molecule has 12 heteroatoms. The van der Waals surface area contributed by atoms with Gasteiger partial charge in [-0.05, 0) is 110 Å². The fraction of sp³-hybridized carbons (Fsp3) is 0.721. The van der Waals surface area contributed by atoms with Gasteiger partial charge in [0.2, 0.25) is 5.78 Å². The van der Waals surface area contributed by atoms with Crippen LogP contribution < -0.4 is 10.4 Å². The van der Waals surface area contributed by atoms with Gasteiger partial charge in [-0.25, -0.2) is 0 Å². The molecular weight excluding hydrogens is 973 g/mol. The van der Waals surface area contributed by atoms with Gasteiger partial charge in [0.15, 0.2) is 30.7 Å². The number of hydrogen-bond acceptors (Lipinski definition) is 8. The smallest absolute Gasteiger partial charge is 0.261 e. The minimum Gasteiger partial charge on any atom is -0.413 e. The molecule has 9 atom stereocenters. The molecule has 1 heterocycles. The van der Waals surface area contributed by atoms with Crippen LogP contribution in [-0.2, 0) is 36.7 Å². The van der Waals surface area contributed by atoms with E-state index in [9.17, 15) is 0 Å². The van der Waals surface area contributed by atoms with Crippen LogP contribution in [-0.4, -0.2) is 95.2 Å². The van der Waals surface area contributed by atoms with Gasteiger partial charge in [-0.15, -0.1) is 6.58 Å². The van der Waals surface area contributed by atoms with Crippen LogP contribution in [0.2, 0.25) is 59.4 Å². The van der Waals surface area contributed by atoms with Crippen LogP contribution in [0.25, 0.3) is 0 Å². The molecule has 0 aromatic heterocycles. The monoisotopic (exact) mass is 1080 g/mol. The number of hydrogen-bond donors (Lipinski definition) is 0. The third kappa shape index (κ3) is 16.1. The average Bonchev–Trinajstić information content (AvgIpc) is 3.39. The zero-order chi connectivity index (χ0) is 55.1. The summed E-state index contributed by atoms with van der Waals surface area (Å²) in [5.74, 6) is 5.73. The fourth-order valence-electron chi connectivity index (χ4n) is 11.6. The van der Waals surface area contributed by atoms with E-state index in [4.69, 9.17) is 31.9 Å². The Kier molecular flexibility index (Phi) is 25.6. The number of rotatable bonds is 31. The Morgan fingerprint density at radius 3 is 1.59 bits per heavy atom. The number of methoxy groups -OCH3 is 1. The van der Waals surface area contributed by atoms with Gasteiger partial charge >= 0.3 is 0 Å². The van der Waals surface area contributed by atoms with E-state index in [-0.39, 0.29) is 47.1 Å². The van der Waals surface area contributed by atoms with Gasteiger partial charge in [-0.1, -0.05) is 177 Å². The van der Waals surface area contributed by atoms with Crippen molar-refractivity contribution in [3.05, 3.63) is 73.3 Å². The van der Waals surface area contributed by atoms with Crippen LogP contribution in [0.1, 0.15) is 144 Å². The average molecular weight is 1080 g/mol. The summed E-state index contributed by atoms with van der Waals surface area (Å²) in [6.45, 7) is 46.7. The van der Waals surface area contributed by atoms with Crippen LogP contribution in [0.4, 0.5) is 0 Å². The Balaban J connectivity index is 2.23. The minimum atomic E-state index is -2.83. The van der Waals surface area contributed by atoms with Crippen molar-refractivity contribution in [1.82, 2.24) is 0 Å². The Labute approximate surface area is 452 Å². The van der Waals surface area contributed by atoms with E-state index in [2.05, 4.69) is 190 Å². The predicted molar refractivity (Wildman–Crippen MR) is 318 cm³/mol. The predicted octanol–water partition coefficient (Wildman–Crippen LogP) is 14.7. The first-order valence-electron chi connectivity index (χ1n) is 28.7. The second kappa shape index (κ2) is 28.6. The molecule has 3 rings (SSSR count). The molecule has 414 valence electrons. The Hall–Kier alpha value is -2.00. The van der Waals surface area contributed by atoms with E-state index in [1.807, 2.05) is 34.0 Å². The molecule has 0 bridgehead atoms. The molecule has 0 amide bonds. The highest BCUT2D eigenvalue weighted by molar-refractivity contribution is 6.99. The first-order chi connectivity index (χ1) is 34.3. The molecule has 0 saturated carbocycles. The maximum absolute atomic E-state index is 15.0. The summed E-state index contributed by atoms with van der Waals surface area (Å²) in [6.07, 6.45) is 1.18. The molecule has 0 aliphatic carbocycles. The lowest BCUT2D eigenvalue weighted by Crippen LogP contribution is -2.66. The lowest BCUT2D eigenvalue weighted by Gasteiger charge is -2.50. The van der Waals surface area contributed by atoms with E-state index in [0.717, 1.165) is 54.4 Å². The number of carbonyl (C=O) groups is 1. The summed E-state index contributed by atoms with van der Waals surface area (Å²) in [7, 11) is -7.85. The van der Waals surface area contributed by atoms with Crippen molar-refractivity contribution in [3.8, 4) is 11.8 Å². The van der Waals surface area contributed by atoms with Gasteiger partial charge in [0.05, 0.1) is 48.0 Å². The van der Waals surface area contributed by atoms with Gasteiger partial charge < -0.3 is 31.9 Å². The van der Waals surface area contributed by atoms with E-state index < -0.39 is 62.6 Å². The summed E-state index contributed by atoms with van der Waals surface area (Å²) in [6, 6.07) is 30.3. The summed E-state index contributed by atoms with van der Waals surface area (Å²) in [4.78, 5) is 15.0. The Morgan fingerprint density at radius 2 is 1.16 bits per heavy atom. The summed E-state index contributed by atoms with van der Waals surface area (Å²) < 4.78 is 50.5. The van der Waals surface area contributed by atoms with Crippen LogP contribution in [0.3, 0.4) is 0 Å². The lowest BCUT2D eigenvalue weighted by atomic mass is 9.79. The van der Waals surface area contributed by atoms with Crippen molar-refractivity contribution < 1.29 is 36.7 Å². The molecule has 0 spiro atoms. The number of Topliss-reactive ketones (excluding diaryl/α,β-unsaturated/α-hetero) is 1. The van der Waals surface area contributed by atoms with Crippen molar-refractivity contribution in [2.45, 2.75) is 246 Å². The molecule has 2 aromatic rings. The number of benzene rings is 2. The van der Waals surface area contributed by atoms with Gasteiger partial charge in [-0.3, -0.25) is 4.79 Å². The van der Waals surface area contributed by atoms with E-state index in [0.29, 0.717) is 19.4 Å². The first-order valence-corrected chi connectivity index (χ1v) is 38.2. The maximum atomic E-state index is 15.0. The highest BCUT2D eigenvalue weighted by Gasteiger charge is 2.52. The molecule has 1 aliphatic heterocycles. The van der Waals surface area contributed by atoms with Gasteiger partial charge in [0.1, 0.15) is 0 Å². The maximum Gasteiger partial charge on any atom is 0.261 e. The van der Waals surface area contributed by atoms with Gasteiger partial charge in [0.25, 0.3) is 8.32 Å². The first kappa shape index (κ1) is 65.3. The highest BCUT2D eigenvalue weighted by Crippen LogP contribution is 2.43.